The van der Waals surface area contributed by atoms with Gasteiger partial charge >= 0.3 is 7.80 Å². The highest BCUT2D eigenvalue weighted by Crippen LogP contribution is 2.22. The maximum atomic E-state index is 11.0. The van der Waals surface area contributed by atoms with E-state index in [2.05, 4.69) is 13.8 Å². The first-order valence-electron chi connectivity index (χ1n) is 3.73. The molecule has 1 nitrogen and oxygen atoms in total. The topological polar surface area (TPSA) is 17.1 Å². The minimum atomic E-state index is -0.837. The highest BCUT2D eigenvalue weighted by atomic mass is 31.1. The average Bonchev–Trinajstić information content (AvgIpc) is 1.85. The van der Waals surface area contributed by atoms with Crippen LogP contribution in [0.2, 0.25) is 0 Å². The third-order valence-electron chi connectivity index (χ3n) is 1.23. The van der Waals surface area contributed by atoms with E-state index in [1.165, 1.54) is 6.42 Å². The second kappa shape index (κ2) is 6.22. The molecule has 0 N–H and O–H groups in total. The lowest BCUT2D eigenvalue weighted by molar-refractivity contribution is 0.585. The molecule has 1 atom stereocenters. The molecular weight excluding hydrogens is 131 g/mol. The molecule has 0 aromatic heterocycles. The molecular formula is C7H16OP+. The summed E-state index contributed by atoms with van der Waals surface area (Å²) in [5.74, 6) is 0. The predicted molar refractivity (Wildman–Crippen MR) is 42.5 cm³/mol. The zero-order chi connectivity index (χ0) is 7.11. The van der Waals surface area contributed by atoms with Crippen molar-refractivity contribution in [3.05, 3.63) is 0 Å². The first-order valence-corrected chi connectivity index (χ1v) is 5.36. The van der Waals surface area contributed by atoms with Gasteiger partial charge in [-0.1, -0.05) is 24.8 Å². The van der Waals surface area contributed by atoms with Crippen LogP contribution in [0, 0.1) is 0 Å². The molecule has 0 fully saturated rings. The van der Waals surface area contributed by atoms with Crippen molar-refractivity contribution in [3.63, 3.8) is 0 Å². The van der Waals surface area contributed by atoms with Gasteiger partial charge in [0.1, 0.15) is 12.3 Å². The predicted octanol–water partition coefficient (Wildman–Crippen LogP) is 3.02. The molecule has 0 aromatic carbocycles. The van der Waals surface area contributed by atoms with E-state index >= 15 is 0 Å². The van der Waals surface area contributed by atoms with E-state index in [1.807, 2.05) is 0 Å². The van der Waals surface area contributed by atoms with E-state index in [1.54, 1.807) is 0 Å². The monoisotopic (exact) mass is 147 g/mol. The summed E-state index contributed by atoms with van der Waals surface area (Å²) in [5, 5.41) is 0. The van der Waals surface area contributed by atoms with Crippen LogP contribution in [-0.2, 0) is 4.57 Å². The molecule has 2 heteroatoms. The molecule has 1 unspecified atom stereocenters. The van der Waals surface area contributed by atoms with E-state index in [4.69, 9.17) is 0 Å². The molecule has 0 aliphatic rings. The molecule has 9 heavy (non-hydrogen) atoms. The fraction of sp³-hybridized carbons (Fsp3) is 1.00. The van der Waals surface area contributed by atoms with Gasteiger partial charge in [0, 0.05) is 0 Å². The van der Waals surface area contributed by atoms with E-state index in [0.29, 0.717) is 0 Å². The van der Waals surface area contributed by atoms with E-state index in [0.717, 1.165) is 25.2 Å². The lowest BCUT2D eigenvalue weighted by Gasteiger charge is -1.83. The average molecular weight is 147 g/mol. The summed E-state index contributed by atoms with van der Waals surface area (Å²) >= 11 is 0. The van der Waals surface area contributed by atoms with Crippen LogP contribution >= 0.6 is 7.80 Å². The molecule has 0 radical (unpaired) electrons. The molecule has 0 spiro atoms. The lowest BCUT2D eigenvalue weighted by Crippen LogP contribution is -1.80. The fourth-order valence-corrected chi connectivity index (χ4v) is 2.09. The van der Waals surface area contributed by atoms with Gasteiger partial charge in [-0.25, -0.2) is 0 Å². The standard InChI is InChI=1S/C7H16OP/c1-3-5-7-9(8)6-4-2/h3-7H2,1-2H3/q+1. The van der Waals surface area contributed by atoms with Crippen molar-refractivity contribution in [2.75, 3.05) is 12.3 Å². The summed E-state index contributed by atoms with van der Waals surface area (Å²) in [5.41, 5.74) is 0. The van der Waals surface area contributed by atoms with Crippen LogP contribution in [0.25, 0.3) is 0 Å². The first-order chi connectivity index (χ1) is 4.31. The number of rotatable bonds is 5. The number of hydrogen-bond acceptors (Lipinski definition) is 1. The van der Waals surface area contributed by atoms with Crippen molar-refractivity contribution in [2.45, 2.75) is 33.1 Å². The van der Waals surface area contributed by atoms with Crippen LogP contribution in [0.1, 0.15) is 33.1 Å². The van der Waals surface area contributed by atoms with Crippen LogP contribution in [-0.4, -0.2) is 12.3 Å². The Labute approximate surface area is 58.6 Å². The van der Waals surface area contributed by atoms with Gasteiger partial charge in [0.2, 0.25) is 0 Å². The van der Waals surface area contributed by atoms with Crippen LogP contribution in [0.5, 0.6) is 0 Å². The summed E-state index contributed by atoms with van der Waals surface area (Å²) < 4.78 is 11.0. The van der Waals surface area contributed by atoms with E-state index in [-0.39, 0.29) is 0 Å². The van der Waals surface area contributed by atoms with Crippen molar-refractivity contribution >= 4 is 7.80 Å². The number of unbranched alkanes of at least 4 members (excludes halogenated alkanes) is 1. The molecule has 0 aromatic rings. The van der Waals surface area contributed by atoms with Crippen LogP contribution < -0.4 is 0 Å². The van der Waals surface area contributed by atoms with Crippen molar-refractivity contribution in [2.24, 2.45) is 0 Å². The molecule has 0 amide bonds. The summed E-state index contributed by atoms with van der Waals surface area (Å²) in [6, 6.07) is 0. The second-order valence-electron chi connectivity index (χ2n) is 2.28. The minimum absolute atomic E-state index is 0.837. The summed E-state index contributed by atoms with van der Waals surface area (Å²) in [4.78, 5) is 0. The van der Waals surface area contributed by atoms with Gasteiger partial charge in [0.25, 0.3) is 0 Å². The van der Waals surface area contributed by atoms with Gasteiger partial charge in [-0.15, -0.1) is 0 Å². The maximum Gasteiger partial charge on any atom is 0.338 e. The highest BCUT2D eigenvalue weighted by molar-refractivity contribution is 7.44. The lowest BCUT2D eigenvalue weighted by atomic mass is 10.4. The van der Waals surface area contributed by atoms with Crippen molar-refractivity contribution in [3.8, 4) is 0 Å². The molecule has 0 saturated carbocycles. The summed E-state index contributed by atoms with van der Waals surface area (Å²) in [6.07, 6.45) is 5.24. The van der Waals surface area contributed by atoms with Gasteiger partial charge in [0.15, 0.2) is 0 Å². The van der Waals surface area contributed by atoms with Gasteiger partial charge in [-0.3, -0.25) is 0 Å². The molecule has 0 aliphatic heterocycles. The third kappa shape index (κ3) is 5.98. The highest BCUT2D eigenvalue weighted by Gasteiger charge is 2.10. The van der Waals surface area contributed by atoms with E-state index in [9.17, 15) is 4.57 Å². The summed E-state index contributed by atoms with van der Waals surface area (Å²) in [7, 11) is -0.837. The Morgan fingerprint density at radius 3 is 2.22 bits per heavy atom. The van der Waals surface area contributed by atoms with Crippen molar-refractivity contribution in [1.29, 1.82) is 0 Å². The molecule has 0 saturated heterocycles. The van der Waals surface area contributed by atoms with Gasteiger partial charge in [-0.2, -0.15) is 0 Å². The fourth-order valence-electron chi connectivity index (χ4n) is 0.696. The Kier molecular flexibility index (Phi) is 6.29. The Morgan fingerprint density at radius 1 is 1.11 bits per heavy atom. The molecule has 54 valence electrons. The third-order valence-corrected chi connectivity index (χ3v) is 3.00. The molecule has 0 heterocycles. The quantitative estimate of drug-likeness (QED) is 0.546. The minimum Gasteiger partial charge on any atom is -0.0748 e. The van der Waals surface area contributed by atoms with Gasteiger partial charge < -0.3 is 0 Å². The van der Waals surface area contributed by atoms with Crippen LogP contribution in [0.4, 0.5) is 0 Å². The zero-order valence-corrected chi connectivity index (χ0v) is 7.29. The molecule has 0 bridgehead atoms. The Hall–Kier alpha value is 0.100. The van der Waals surface area contributed by atoms with Gasteiger partial charge in [-0.05, 0) is 12.8 Å². The van der Waals surface area contributed by atoms with Gasteiger partial charge in [0.05, 0.1) is 0 Å². The van der Waals surface area contributed by atoms with Crippen molar-refractivity contribution in [1.82, 2.24) is 0 Å². The normalized spacial score (nSPS) is 11.6. The SMILES string of the molecule is CCCC[P+](=O)CCC. The Balaban J connectivity index is 3.06. The maximum absolute atomic E-state index is 11.0. The van der Waals surface area contributed by atoms with Crippen LogP contribution in [0.15, 0.2) is 0 Å². The zero-order valence-electron chi connectivity index (χ0n) is 6.39. The summed E-state index contributed by atoms with van der Waals surface area (Å²) in [6.45, 7) is 4.22. The van der Waals surface area contributed by atoms with Crippen molar-refractivity contribution < 1.29 is 4.57 Å². The molecule has 0 aliphatic carbocycles. The largest absolute Gasteiger partial charge is 0.338 e. The first kappa shape index (κ1) is 9.10. The number of hydrogen-bond donors (Lipinski definition) is 0. The molecule has 0 rings (SSSR count). The second-order valence-corrected chi connectivity index (χ2v) is 4.14. The Bertz CT molecular complexity index is 81.0. The Morgan fingerprint density at radius 2 is 1.78 bits per heavy atom. The van der Waals surface area contributed by atoms with E-state index < -0.39 is 7.80 Å². The van der Waals surface area contributed by atoms with Crippen LogP contribution in [0.3, 0.4) is 0 Å². The smallest absolute Gasteiger partial charge is 0.0748 e.